The maximum Gasteiger partial charge on any atom is 0.407 e. The van der Waals surface area contributed by atoms with Gasteiger partial charge >= 0.3 is 6.09 Å². The van der Waals surface area contributed by atoms with Gasteiger partial charge in [0.25, 0.3) is 0 Å². The van der Waals surface area contributed by atoms with Crippen LogP contribution in [0.5, 0.6) is 0 Å². The van der Waals surface area contributed by atoms with Crippen molar-refractivity contribution >= 4 is 28.7 Å². The van der Waals surface area contributed by atoms with Gasteiger partial charge in [0.05, 0.1) is 26.4 Å². The fourth-order valence-electron chi connectivity index (χ4n) is 1.37. The van der Waals surface area contributed by atoms with Gasteiger partial charge in [-0.25, -0.2) is 9.48 Å². The summed E-state index contributed by atoms with van der Waals surface area (Å²) in [7, 11) is 0. The molecule has 21 heavy (non-hydrogen) atoms. The molecule has 0 saturated heterocycles. The standard InChI is InChI=1S/C12H21IN4O4/c1-12(2,3)21-11(19)14-4-7-20-8-9-10(13)17(5-6-18)16-15-9/h18H,4-8H2,1-3H3,(H,14,19). The summed E-state index contributed by atoms with van der Waals surface area (Å²) in [5, 5.41) is 19.3. The predicted molar refractivity (Wildman–Crippen MR) is 83.7 cm³/mol. The van der Waals surface area contributed by atoms with Crippen molar-refractivity contribution in [2.75, 3.05) is 19.8 Å². The summed E-state index contributed by atoms with van der Waals surface area (Å²) < 4.78 is 13.0. The van der Waals surface area contributed by atoms with E-state index in [1.807, 2.05) is 0 Å². The Hall–Kier alpha value is -0.940. The molecule has 1 aromatic rings. The lowest BCUT2D eigenvalue weighted by molar-refractivity contribution is 0.0492. The van der Waals surface area contributed by atoms with Gasteiger partial charge in [-0.3, -0.25) is 0 Å². The molecule has 0 aromatic carbocycles. The number of carbonyl (C=O) groups is 1. The summed E-state index contributed by atoms with van der Waals surface area (Å²) in [6.45, 7) is 6.85. The van der Waals surface area contributed by atoms with E-state index in [2.05, 4.69) is 38.2 Å². The quantitative estimate of drug-likeness (QED) is 0.511. The molecule has 1 amide bonds. The third-order valence-electron chi connectivity index (χ3n) is 2.20. The lowest BCUT2D eigenvalue weighted by atomic mass is 10.2. The fraction of sp³-hybridized carbons (Fsp3) is 0.750. The van der Waals surface area contributed by atoms with E-state index in [-0.39, 0.29) is 6.61 Å². The number of nitrogens with one attached hydrogen (secondary N) is 1. The number of aliphatic hydroxyl groups excluding tert-OH is 1. The minimum Gasteiger partial charge on any atom is -0.444 e. The molecule has 0 aliphatic heterocycles. The van der Waals surface area contributed by atoms with Crippen LogP contribution < -0.4 is 5.32 Å². The average Bonchev–Trinajstić information content (AvgIpc) is 2.69. The summed E-state index contributed by atoms with van der Waals surface area (Å²) >= 11 is 2.10. The topological polar surface area (TPSA) is 98.5 Å². The smallest absolute Gasteiger partial charge is 0.407 e. The number of hydrogen-bond acceptors (Lipinski definition) is 6. The Labute approximate surface area is 137 Å². The minimum atomic E-state index is -0.508. The molecule has 0 aliphatic carbocycles. The Morgan fingerprint density at radius 2 is 2.19 bits per heavy atom. The monoisotopic (exact) mass is 412 g/mol. The van der Waals surface area contributed by atoms with E-state index in [4.69, 9.17) is 14.6 Å². The van der Waals surface area contributed by atoms with Crippen LogP contribution in [-0.4, -0.2) is 51.6 Å². The van der Waals surface area contributed by atoms with Gasteiger partial charge in [-0.15, -0.1) is 5.10 Å². The molecule has 0 saturated carbocycles. The number of alkyl carbamates (subject to hydrolysis) is 1. The highest BCUT2D eigenvalue weighted by molar-refractivity contribution is 14.1. The summed E-state index contributed by atoms with van der Waals surface area (Å²) in [6.07, 6.45) is -0.463. The molecular weight excluding hydrogens is 391 g/mol. The highest BCUT2D eigenvalue weighted by Crippen LogP contribution is 2.10. The molecule has 0 aliphatic rings. The highest BCUT2D eigenvalue weighted by atomic mass is 127. The molecule has 1 heterocycles. The summed E-state index contributed by atoms with van der Waals surface area (Å²) in [6, 6.07) is 0. The van der Waals surface area contributed by atoms with Crippen LogP contribution in [0.3, 0.4) is 0 Å². The first-order valence-electron chi connectivity index (χ1n) is 6.57. The van der Waals surface area contributed by atoms with Crippen molar-refractivity contribution in [1.29, 1.82) is 0 Å². The zero-order chi connectivity index (χ0) is 15.9. The number of nitrogens with zero attached hydrogens (tertiary/aromatic N) is 3. The molecule has 0 unspecified atom stereocenters. The molecule has 8 nitrogen and oxygen atoms in total. The molecular formula is C12H21IN4O4. The van der Waals surface area contributed by atoms with Gasteiger partial charge in [0.15, 0.2) is 0 Å². The van der Waals surface area contributed by atoms with Crippen molar-refractivity contribution in [2.24, 2.45) is 0 Å². The molecule has 0 spiro atoms. The highest BCUT2D eigenvalue weighted by Gasteiger charge is 2.15. The fourth-order valence-corrected chi connectivity index (χ4v) is 1.97. The van der Waals surface area contributed by atoms with Crippen LogP contribution in [0.2, 0.25) is 0 Å². The Bertz CT molecular complexity index is 459. The lowest BCUT2D eigenvalue weighted by Crippen LogP contribution is -2.34. The van der Waals surface area contributed by atoms with E-state index in [0.29, 0.717) is 32.0 Å². The molecule has 0 bridgehead atoms. The Morgan fingerprint density at radius 3 is 2.81 bits per heavy atom. The number of hydrogen-bond donors (Lipinski definition) is 2. The zero-order valence-electron chi connectivity index (χ0n) is 12.4. The molecule has 9 heteroatoms. The molecule has 1 rings (SSSR count). The molecule has 1 aromatic heterocycles. The Morgan fingerprint density at radius 1 is 1.48 bits per heavy atom. The first-order chi connectivity index (χ1) is 9.83. The second-order valence-electron chi connectivity index (χ2n) is 5.25. The molecule has 0 fully saturated rings. The number of carbonyl (C=O) groups excluding carboxylic acids is 1. The largest absolute Gasteiger partial charge is 0.444 e. The van der Waals surface area contributed by atoms with Gasteiger partial charge in [0, 0.05) is 6.54 Å². The van der Waals surface area contributed by atoms with Gasteiger partial charge in [-0.05, 0) is 43.4 Å². The van der Waals surface area contributed by atoms with Crippen LogP contribution in [0.15, 0.2) is 0 Å². The van der Waals surface area contributed by atoms with E-state index in [0.717, 1.165) is 3.70 Å². The van der Waals surface area contributed by atoms with E-state index >= 15 is 0 Å². The number of aliphatic hydroxyl groups is 1. The summed E-state index contributed by atoms with van der Waals surface area (Å²) in [5.41, 5.74) is 0.202. The van der Waals surface area contributed by atoms with Crippen molar-refractivity contribution in [3.8, 4) is 0 Å². The van der Waals surface area contributed by atoms with Gasteiger partial charge in [0.2, 0.25) is 0 Å². The maximum absolute atomic E-state index is 11.4. The van der Waals surface area contributed by atoms with Crippen molar-refractivity contribution in [1.82, 2.24) is 20.3 Å². The predicted octanol–water partition coefficient (Wildman–Crippen LogP) is 0.916. The van der Waals surface area contributed by atoms with Crippen LogP contribution in [0.1, 0.15) is 26.5 Å². The first kappa shape index (κ1) is 18.1. The number of aromatic nitrogens is 3. The zero-order valence-corrected chi connectivity index (χ0v) is 14.6. The summed E-state index contributed by atoms with van der Waals surface area (Å²) in [5.74, 6) is 0. The second-order valence-corrected chi connectivity index (χ2v) is 6.28. The summed E-state index contributed by atoms with van der Waals surface area (Å²) in [4.78, 5) is 11.4. The van der Waals surface area contributed by atoms with E-state index < -0.39 is 11.7 Å². The van der Waals surface area contributed by atoms with Gasteiger partial charge in [0.1, 0.15) is 15.0 Å². The normalized spacial score (nSPS) is 11.5. The van der Waals surface area contributed by atoms with E-state index in [1.165, 1.54) is 0 Å². The molecule has 2 N–H and O–H groups in total. The van der Waals surface area contributed by atoms with Crippen molar-refractivity contribution in [3.63, 3.8) is 0 Å². The SMILES string of the molecule is CC(C)(C)OC(=O)NCCOCc1nnn(CCO)c1I. The van der Waals surface area contributed by atoms with Crippen LogP contribution in [0, 0.1) is 3.70 Å². The number of halogens is 1. The van der Waals surface area contributed by atoms with Crippen molar-refractivity contribution in [2.45, 2.75) is 39.5 Å². The van der Waals surface area contributed by atoms with Gasteiger partial charge in [-0.2, -0.15) is 0 Å². The number of amides is 1. The van der Waals surface area contributed by atoms with Crippen LogP contribution >= 0.6 is 22.6 Å². The van der Waals surface area contributed by atoms with Gasteiger partial charge < -0.3 is 19.9 Å². The van der Waals surface area contributed by atoms with Gasteiger partial charge in [-0.1, -0.05) is 5.21 Å². The van der Waals surface area contributed by atoms with Crippen molar-refractivity contribution in [3.05, 3.63) is 9.39 Å². The number of rotatable bonds is 7. The molecule has 120 valence electrons. The lowest BCUT2D eigenvalue weighted by Gasteiger charge is -2.19. The Kier molecular flexibility index (Phi) is 7.32. The second kappa shape index (κ2) is 8.49. The third kappa shape index (κ3) is 7.05. The Balaban J connectivity index is 2.21. The first-order valence-corrected chi connectivity index (χ1v) is 7.64. The number of ether oxygens (including phenoxy) is 2. The minimum absolute atomic E-state index is 0.0134. The molecule has 0 radical (unpaired) electrons. The van der Waals surface area contributed by atoms with E-state index in [9.17, 15) is 4.79 Å². The van der Waals surface area contributed by atoms with Crippen LogP contribution in [-0.2, 0) is 22.6 Å². The van der Waals surface area contributed by atoms with Crippen molar-refractivity contribution < 1.29 is 19.4 Å². The maximum atomic E-state index is 11.4. The van der Waals surface area contributed by atoms with Crippen LogP contribution in [0.4, 0.5) is 4.79 Å². The van der Waals surface area contributed by atoms with Crippen LogP contribution in [0.25, 0.3) is 0 Å². The third-order valence-corrected chi connectivity index (χ3v) is 3.38. The van der Waals surface area contributed by atoms with E-state index in [1.54, 1.807) is 25.5 Å². The molecule has 0 atom stereocenters. The average molecular weight is 412 g/mol.